The minimum atomic E-state index is 0.305. The summed E-state index contributed by atoms with van der Waals surface area (Å²) in [6.07, 6.45) is 0. The zero-order chi connectivity index (χ0) is 12.2. The van der Waals surface area contributed by atoms with Gasteiger partial charge >= 0.3 is 0 Å². The summed E-state index contributed by atoms with van der Waals surface area (Å²) in [4.78, 5) is 11.6. The van der Waals surface area contributed by atoms with E-state index in [1.165, 1.54) is 0 Å². The first-order chi connectivity index (χ1) is 8.08. The van der Waals surface area contributed by atoms with Gasteiger partial charge in [0.15, 0.2) is 0 Å². The number of aryl methyl sites for hydroxylation is 1. The summed E-state index contributed by atoms with van der Waals surface area (Å²) in [5.74, 6) is 0.305. The van der Waals surface area contributed by atoms with Gasteiger partial charge in [0.25, 0.3) is 0 Å². The molecule has 1 aromatic carbocycles. The number of aromatic amines is 1. The molecule has 0 amide bonds. The number of hydrogen-bond acceptors (Lipinski definition) is 3. The van der Waals surface area contributed by atoms with Gasteiger partial charge in [0.1, 0.15) is 10.7 Å². The van der Waals surface area contributed by atoms with Crippen molar-refractivity contribution in [3.8, 4) is 0 Å². The van der Waals surface area contributed by atoms with E-state index < -0.39 is 0 Å². The van der Waals surface area contributed by atoms with Crippen LogP contribution in [0.3, 0.4) is 0 Å². The number of hydrogen-bond donors (Lipinski definition) is 2. The number of halogens is 1. The molecule has 0 spiro atoms. The third-order valence-corrected chi connectivity index (χ3v) is 3.51. The van der Waals surface area contributed by atoms with Crippen LogP contribution in [0.25, 0.3) is 21.9 Å². The summed E-state index contributed by atoms with van der Waals surface area (Å²) in [5, 5.41) is 1.69. The monoisotopic (exact) mass is 246 g/mol. The highest BCUT2D eigenvalue weighted by Crippen LogP contribution is 2.30. The van der Waals surface area contributed by atoms with Crippen LogP contribution in [0.15, 0.2) is 12.1 Å². The van der Waals surface area contributed by atoms with Gasteiger partial charge in [-0.05, 0) is 37.1 Å². The van der Waals surface area contributed by atoms with E-state index in [1.54, 1.807) is 0 Å². The van der Waals surface area contributed by atoms with Gasteiger partial charge in [0.2, 0.25) is 5.95 Å². The number of rotatable bonds is 0. The summed E-state index contributed by atoms with van der Waals surface area (Å²) in [6.45, 7) is 4.01. The molecule has 17 heavy (non-hydrogen) atoms. The number of aromatic nitrogens is 3. The minimum Gasteiger partial charge on any atom is -0.368 e. The van der Waals surface area contributed by atoms with Crippen LogP contribution in [0, 0.1) is 13.8 Å². The number of nitrogens with one attached hydrogen (secondary N) is 1. The molecule has 3 rings (SSSR count). The fourth-order valence-electron chi connectivity index (χ4n) is 2.09. The Morgan fingerprint density at radius 2 is 1.94 bits per heavy atom. The Balaban J connectivity index is 2.61. The summed E-state index contributed by atoms with van der Waals surface area (Å²) < 4.78 is 0. The topological polar surface area (TPSA) is 67.6 Å². The van der Waals surface area contributed by atoms with Crippen molar-refractivity contribution in [1.29, 1.82) is 0 Å². The molecule has 2 aromatic heterocycles. The van der Waals surface area contributed by atoms with Crippen LogP contribution in [-0.4, -0.2) is 15.0 Å². The maximum atomic E-state index is 6.13. The number of H-pyrrole nitrogens is 1. The van der Waals surface area contributed by atoms with Crippen LogP contribution in [0.1, 0.15) is 11.1 Å². The van der Waals surface area contributed by atoms with Gasteiger partial charge in [-0.1, -0.05) is 11.6 Å². The minimum absolute atomic E-state index is 0.305. The zero-order valence-electron chi connectivity index (χ0n) is 9.50. The Labute approximate surface area is 103 Å². The van der Waals surface area contributed by atoms with Crippen molar-refractivity contribution in [2.24, 2.45) is 0 Å². The van der Waals surface area contributed by atoms with E-state index in [0.29, 0.717) is 11.1 Å². The average Bonchev–Trinajstić information content (AvgIpc) is 2.66. The number of anilines is 1. The van der Waals surface area contributed by atoms with E-state index in [-0.39, 0.29) is 0 Å². The molecule has 0 saturated carbocycles. The Kier molecular flexibility index (Phi) is 2.03. The molecule has 0 bridgehead atoms. The lowest BCUT2D eigenvalue weighted by molar-refractivity contribution is 1.28. The Morgan fingerprint density at radius 3 is 2.71 bits per heavy atom. The third-order valence-electron chi connectivity index (χ3n) is 3.13. The first-order valence-corrected chi connectivity index (χ1v) is 5.66. The number of fused-ring (bicyclic) bond motifs is 3. The van der Waals surface area contributed by atoms with Crippen molar-refractivity contribution in [3.05, 3.63) is 28.4 Å². The highest BCUT2D eigenvalue weighted by atomic mass is 35.5. The second kappa shape index (κ2) is 3.34. The molecule has 0 saturated heterocycles. The number of imidazole rings is 1. The fraction of sp³-hybridized carbons (Fsp3) is 0.167. The van der Waals surface area contributed by atoms with Crippen LogP contribution in [-0.2, 0) is 0 Å². The van der Waals surface area contributed by atoms with Crippen molar-refractivity contribution in [2.75, 3.05) is 5.73 Å². The molecule has 0 aliphatic rings. The summed E-state index contributed by atoms with van der Waals surface area (Å²) in [6, 6.07) is 3.84. The fourth-order valence-corrected chi connectivity index (χ4v) is 2.34. The number of pyridine rings is 1. The van der Waals surface area contributed by atoms with E-state index in [4.69, 9.17) is 17.3 Å². The van der Waals surface area contributed by atoms with E-state index in [0.717, 1.165) is 33.1 Å². The zero-order valence-corrected chi connectivity index (χ0v) is 10.3. The molecule has 3 aromatic rings. The van der Waals surface area contributed by atoms with Crippen molar-refractivity contribution >= 4 is 39.5 Å². The molecular formula is C12H11ClN4. The highest BCUT2D eigenvalue weighted by molar-refractivity contribution is 6.31. The van der Waals surface area contributed by atoms with Gasteiger partial charge in [-0.25, -0.2) is 9.97 Å². The van der Waals surface area contributed by atoms with E-state index in [1.807, 2.05) is 26.0 Å². The maximum absolute atomic E-state index is 6.13. The van der Waals surface area contributed by atoms with Crippen molar-refractivity contribution in [1.82, 2.24) is 15.0 Å². The summed E-state index contributed by atoms with van der Waals surface area (Å²) in [7, 11) is 0. The Bertz CT molecular complexity index is 745. The Morgan fingerprint density at radius 1 is 1.18 bits per heavy atom. The molecule has 4 nitrogen and oxygen atoms in total. The second-order valence-electron chi connectivity index (χ2n) is 4.13. The van der Waals surface area contributed by atoms with E-state index >= 15 is 0 Å². The smallest absolute Gasteiger partial charge is 0.221 e. The number of benzene rings is 1. The summed E-state index contributed by atoms with van der Waals surface area (Å²) >= 11 is 6.13. The third kappa shape index (κ3) is 1.37. The van der Waals surface area contributed by atoms with Crippen LogP contribution in [0.2, 0.25) is 5.15 Å². The maximum Gasteiger partial charge on any atom is 0.221 e. The molecule has 2 heterocycles. The van der Waals surface area contributed by atoms with Gasteiger partial charge in [-0.15, -0.1) is 0 Å². The molecule has 0 aliphatic heterocycles. The van der Waals surface area contributed by atoms with Gasteiger partial charge in [0.05, 0.1) is 5.52 Å². The Hall–Kier alpha value is -1.81. The molecule has 5 heteroatoms. The van der Waals surface area contributed by atoms with Gasteiger partial charge in [-0.2, -0.15) is 0 Å². The van der Waals surface area contributed by atoms with Gasteiger partial charge in [-0.3, -0.25) is 0 Å². The van der Waals surface area contributed by atoms with Crippen LogP contribution in [0.5, 0.6) is 0 Å². The molecular weight excluding hydrogens is 236 g/mol. The molecule has 0 fully saturated rings. The van der Waals surface area contributed by atoms with Crippen molar-refractivity contribution < 1.29 is 0 Å². The normalized spacial score (nSPS) is 11.5. The van der Waals surface area contributed by atoms with Crippen LogP contribution < -0.4 is 5.73 Å². The lowest BCUT2D eigenvalue weighted by atomic mass is 10.0. The van der Waals surface area contributed by atoms with Crippen molar-refractivity contribution in [3.63, 3.8) is 0 Å². The number of nitrogen functional groups attached to an aromatic ring is 1. The molecule has 0 unspecified atom stereocenters. The molecule has 0 radical (unpaired) electrons. The van der Waals surface area contributed by atoms with E-state index in [9.17, 15) is 0 Å². The lowest BCUT2D eigenvalue weighted by Gasteiger charge is -2.08. The second-order valence-corrected chi connectivity index (χ2v) is 4.50. The largest absolute Gasteiger partial charge is 0.368 e. The number of nitrogens with zero attached hydrogens (tertiary/aromatic N) is 2. The predicted octanol–water partition coefficient (Wildman–Crippen LogP) is 2.96. The quantitative estimate of drug-likeness (QED) is 0.599. The molecule has 0 aliphatic carbocycles. The summed E-state index contributed by atoms with van der Waals surface area (Å²) in [5.41, 5.74) is 10.4. The lowest BCUT2D eigenvalue weighted by Crippen LogP contribution is -1.91. The number of nitrogens with two attached hydrogens (primary N) is 1. The van der Waals surface area contributed by atoms with Crippen LogP contribution >= 0.6 is 11.6 Å². The highest BCUT2D eigenvalue weighted by Gasteiger charge is 2.12. The van der Waals surface area contributed by atoms with Gasteiger partial charge in [0, 0.05) is 10.9 Å². The molecule has 86 valence electrons. The molecule has 3 N–H and O–H groups in total. The first-order valence-electron chi connectivity index (χ1n) is 5.28. The molecule has 0 atom stereocenters. The van der Waals surface area contributed by atoms with Gasteiger partial charge < -0.3 is 10.7 Å². The standard InChI is InChI=1S/C12H11ClN4/c1-5-6(2)11(13)15-7-3-4-8-10(9(5)7)17-12(14)16-8/h3-4,15H,1-2H3,(H2,14,16). The van der Waals surface area contributed by atoms with Crippen LogP contribution in [0.4, 0.5) is 5.95 Å². The SMILES string of the molecule is Cc1c(Cl)[nH]c2ccc3nc(N)nc3c2c1C. The first kappa shape index (κ1) is 10.4. The van der Waals surface area contributed by atoms with Crippen molar-refractivity contribution in [2.45, 2.75) is 13.8 Å². The average molecular weight is 247 g/mol. The van der Waals surface area contributed by atoms with E-state index in [2.05, 4.69) is 15.0 Å². The predicted molar refractivity (Wildman–Crippen MR) is 70.3 cm³/mol.